The molecule has 0 aromatic heterocycles. The van der Waals surface area contributed by atoms with Gasteiger partial charge in [0.1, 0.15) is 0 Å². The summed E-state index contributed by atoms with van der Waals surface area (Å²) in [4.78, 5) is 1.48. The lowest BCUT2D eigenvalue weighted by atomic mass is 9.71. The normalized spacial score (nSPS) is 22.6. The summed E-state index contributed by atoms with van der Waals surface area (Å²) in [6, 6.07) is 17.6. The molecule has 0 radical (unpaired) electrons. The molecule has 0 saturated carbocycles. The summed E-state index contributed by atoms with van der Waals surface area (Å²) < 4.78 is 1.26. The number of halogens is 1. The molecule has 1 atom stereocenters. The monoisotopic (exact) mass is 359 g/mol. The molecule has 1 fully saturated rings. The summed E-state index contributed by atoms with van der Waals surface area (Å²) in [6.07, 6.45) is 2.47. The van der Waals surface area contributed by atoms with Crippen molar-refractivity contribution in [3.63, 3.8) is 0 Å². The molecule has 1 saturated heterocycles. The number of benzene rings is 2. The molecule has 1 N–H and O–H groups in total. The van der Waals surface area contributed by atoms with Crippen molar-refractivity contribution in [1.29, 1.82) is 0 Å². The van der Waals surface area contributed by atoms with E-state index < -0.39 is 0 Å². The molecule has 0 amide bonds. The van der Waals surface area contributed by atoms with Gasteiger partial charge < -0.3 is 5.32 Å². The second-order valence-corrected chi connectivity index (χ2v) is 8.32. The summed E-state index contributed by atoms with van der Waals surface area (Å²) in [6.45, 7) is 2.20. The minimum atomic E-state index is 0.305. The number of thioether (sulfide) groups is 1. The van der Waals surface area contributed by atoms with E-state index >= 15 is 0 Å². The van der Waals surface area contributed by atoms with Gasteiger partial charge in [0.05, 0.1) is 0 Å². The molecule has 2 aliphatic rings. The zero-order chi connectivity index (χ0) is 14.3. The quantitative estimate of drug-likeness (QED) is 0.871. The highest BCUT2D eigenvalue weighted by atomic mass is 79.9. The summed E-state index contributed by atoms with van der Waals surface area (Å²) in [5.41, 5.74) is 3.31. The van der Waals surface area contributed by atoms with Crippen molar-refractivity contribution in [2.45, 2.75) is 28.4 Å². The SMILES string of the molecule is Brc1ccccc1C1(CC2Cc3ccccc3S2)CNC1. The smallest absolute Gasteiger partial charge is 0.0224 e. The number of nitrogens with one attached hydrogen (secondary N) is 1. The molecule has 21 heavy (non-hydrogen) atoms. The van der Waals surface area contributed by atoms with Crippen LogP contribution in [0.4, 0.5) is 0 Å². The van der Waals surface area contributed by atoms with Gasteiger partial charge in [-0.25, -0.2) is 0 Å². The largest absolute Gasteiger partial charge is 0.315 e. The average molecular weight is 360 g/mol. The Morgan fingerprint density at radius 1 is 1.10 bits per heavy atom. The Labute approximate surface area is 138 Å². The highest BCUT2D eigenvalue weighted by Crippen LogP contribution is 2.45. The highest BCUT2D eigenvalue weighted by molar-refractivity contribution is 9.10. The van der Waals surface area contributed by atoms with Crippen molar-refractivity contribution in [3.8, 4) is 0 Å². The molecule has 1 unspecified atom stereocenters. The topological polar surface area (TPSA) is 12.0 Å². The Morgan fingerprint density at radius 2 is 1.86 bits per heavy atom. The van der Waals surface area contributed by atoms with Crippen LogP contribution in [-0.2, 0) is 11.8 Å². The van der Waals surface area contributed by atoms with E-state index in [4.69, 9.17) is 0 Å². The lowest BCUT2D eigenvalue weighted by Crippen LogP contribution is -2.58. The number of rotatable bonds is 3. The molecule has 0 spiro atoms. The molecular weight excluding hydrogens is 342 g/mol. The second-order valence-electron chi connectivity index (χ2n) is 6.12. The Balaban J connectivity index is 1.58. The zero-order valence-electron chi connectivity index (χ0n) is 11.8. The first kappa shape index (κ1) is 13.9. The highest BCUT2D eigenvalue weighted by Gasteiger charge is 2.42. The Kier molecular flexibility index (Phi) is 3.60. The number of hydrogen-bond donors (Lipinski definition) is 1. The van der Waals surface area contributed by atoms with Crippen molar-refractivity contribution in [1.82, 2.24) is 5.32 Å². The third-order valence-electron chi connectivity index (χ3n) is 4.70. The molecule has 0 bridgehead atoms. The standard InChI is InChI=1S/C18H18BrNS/c19-16-7-3-2-6-15(16)18(11-20-12-18)10-14-9-13-5-1-4-8-17(13)21-14/h1-8,14,20H,9-12H2. The van der Waals surface area contributed by atoms with Crippen LogP contribution in [-0.4, -0.2) is 18.3 Å². The average Bonchev–Trinajstić information content (AvgIpc) is 2.86. The molecular formula is C18H18BrNS. The van der Waals surface area contributed by atoms with Gasteiger partial charge in [0.2, 0.25) is 0 Å². The maximum Gasteiger partial charge on any atom is 0.0224 e. The van der Waals surface area contributed by atoms with Crippen LogP contribution in [0.2, 0.25) is 0 Å². The van der Waals surface area contributed by atoms with Crippen molar-refractivity contribution in [2.75, 3.05) is 13.1 Å². The van der Waals surface area contributed by atoms with Gasteiger partial charge in [0.15, 0.2) is 0 Å². The van der Waals surface area contributed by atoms with E-state index in [9.17, 15) is 0 Å². The van der Waals surface area contributed by atoms with Crippen LogP contribution in [0, 0.1) is 0 Å². The summed E-state index contributed by atoms with van der Waals surface area (Å²) in [7, 11) is 0. The number of fused-ring (bicyclic) bond motifs is 1. The van der Waals surface area contributed by atoms with Gasteiger partial charge in [0, 0.05) is 33.1 Å². The lowest BCUT2D eigenvalue weighted by Gasteiger charge is -2.45. The lowest BCUT2D eigenvalue weighted by molar-refractivity contribution is 0.255. The van der Waals surface area contributed by atoms with Crippen molar-refractivity contribution in [2.24, 2.45) is 0 Å². The number of hydrogen-bond acceptors (Lipinski definition) is 2. The fourth-order valence-electron chi connectivity index (χ4n) is 3.57. The Morgan fingerprint density at radius 3 is 2.57 bits per heavy atom. The summed E-state index contributed by atoms with van der Waals surface area (Å²) in [5, 5.41) is 4.20. The van der Waals surface area contributed by atoms with Crippen LogP contribution in [0.25, 0.3) is 0 Å². The van der Waals surface area contributed by atoms with E-state index in [-0.39, 0.29) is 0 Å². The van der Waals surface area contributed by atoms with E-state index in [0.717, 1.165) is 13.1 Å². The van der Waals surface area contributed by atoms with Crippen LogP contribution in [0.5, 0.6) is 0 Å². The van der Waals surface area contributed by atoms with Crippen LogP contribution < -0.4 is 5.32 Å². The van der Waals surface area contributed by atoms with E-state index in [1.807, 2.05) is 0 Å². The van der Waals surface area contributed by atoms with E-state index in [2.05, 4.69) is 81.5 Å². The van der Waals surface area contributed by atoms with Crippen molar-refractivity contribution in [3.05, 3.63) is 64.1 Å². The van der Waals surface area contributed by atoms with Gasteiger partial charge in [-0.15, -0.1) is 11.8 Å². The predicted molar refractivity (Wildman–Crippen MR) is 93.1 cm³/mol. The molecule has 2 aromatic carbocycles. The molecule has 2 heterocycles. The van der Waals surface area contributed by atoms with Gasteiger partial charge >= 0.3 is 0 Å². The van der Waals surface area contributed by atoms with E-state index in [0.29, 0.717) is 10.7 Å². The molecule has 4 rings (SSSR count). The fourth-order valence-corrected chi connectivity index (χ4v) is 5.76. The maximum absolute atomic E-state index is 3.75. The van der Waals surface area contributed by atoms with Crippen LogP contribution in [0.15, 0.2) is 57.9 Å². The Bertz CT molecular complexity index is 641. The van der Waals surface area contributed by atoms with Gasteiger partial charge in [-0.05, 0) is 36.1 Å². The molecule has 0 aliphatic carbocycles. The van der Waals surface area contributed by atoms with E-state index in [1.54, 1.807) is 0 Å². The third kappa shape index (κ3) is 2.45. The van der Waals surface area contributed by atoms with Crippen LogP contribution in [0.1, 0.15) is 17.5 Å². The third-order valence-corrected chi connectivity index (χ3v) is 6.71. The zero-order valence-corrected chi connectivity index (χ0v) is 14.2. The van der Waals surface area contributed by atoms with Crippen molar-refractivity contribution >= 4 is 27.7 Å². The minimum Gasteiger partial charge on any atom is -0.315 e. The first-order valence-corrected chi connectivity index (χ1v) is 9.14. The van der Waals surface area contributed by atoms with Crippen molar-refractivity contribution < 1.29 is 0 Å². The molecule has 2 aromatic rings. The van der Waals surface area contributed by atoms with Crippen LogP contribution in [0.3, 0.4) is 0 Å². The minimum absolute atomic E-state index is 0.305. The molecule has 108 valence electrons. The van der Waals surface area contributed by atoms with Gasteiger partial charge in [-0.3, -0.25) is 0 Å². The molecule has 2 aliphatic heterocycles. The Hall–Kier alpha value is -0.770. The first-order chi connectivity index (χ1) is 10.3. The fraction of sp³-hybridized carbons (Fsp3) is 0.333. The predicted octanol–water partition coefficient (Wildman–Crippen LogP) is 4.40. The molecule has 3 heteroatoms. The summed E-state index contributed by atoms with van der Waals surface area (Å²) in [5.74, 6) is 0. The molecule has 1 nitrogen and oxygen atoms in total. The van der Waals surface area contributed by atoms with Gasteiger partial charge in [-0.1, -0.05) is 52.3 Å². The summed E-state index contributed by atoms with van der Waals surface area (Å²) >= 11 is 5.82. The first-order valence-electron chi connectivity index (χ1n) is 7.47. The van der Waals surface area contributed by atoms with E-state index in [1.165, 1.54) is 33.3 Å². The van der Waals surface area contributed by atoms with Gasteiger partial charge in [0.25, 0.3) is 0 Å². The second kappa shape index (κ2) is 5.45. The maximum atomic E-state index is 3.75. The van der Waals surface area contributed by atoms with Crippen LogP contribution >= 0.6 is 27.7 Å². The van der Waals surface area contributed by atoms with Gasteiger partial charge in [-0.2, -0.15) is 0 Å².